The summed E-state index contributed by atoms with van der Waals surface area (Å²) in [5.41, 5.74) is 1.40. The molecule has 2 rings (SSSR count). The molecule has 0 aromatic heterocycles. The molecule has 0 aliphatic heterocycles. The molecule has 2 aromatic carbocycles. The molecule has 0 amide bonds. The molecule has 0 N–H and O–H groups in total. The number of hydrogen-bond donors (Lipinski definition) is 0. The van der Waals surface area contributed by atoms with Crippen molar-refractivity contribution in [1.82, 2.24) is 0 Å². The zero-order chi connectivity index (χ0) is 16.9. The number of methoxy groups -OCH3 is 2. The van der Waals surface area contributed by atoms with E-state index in [1.165, 1.54) is 5.56 Å². The molecule has 122 valence electrons. The first kappa shape index (κ1) is 17.1. The van der Waals surface area contributed by atoms with Gasteiger partial charge >= 0.3 is 0 Å². The number of Topliss-reactive ketones (excluding diaryl/α,β-unsaturated/α-hetero) is 1. The predicted molar refractivity (Wildman–Crippen MR) is 92.3 cm³/mol. The van der Waals surface area contributed by atoms with Crippen molar-refractivity contribution in [1.29, 1.82) is 0 Å². The number of carbonyl (C=O) groups excluding carboxylic acids is 1. The van der Waals surface area contributed by atoms with Crippen LogP contribution < -0.4 is 9.47 Å². The van der Waals surface area contributed by atoms with Gasteiger partial charge in [0.15, 0.2) is 0 Å². The topological polar surface area (TPSA) is 35.5 Å². The van der Waals surface area contributed by atoms with E-state index in [0.717, 1.165) is 17.7 Å². The molecule has 2 aromatic rings. The monoisotopic (exact) mass is 312 g/mol. The van der Waals surface area contributed by atoms with E-state index in [1.807, 2.05) is 62.4 Å². The van der Waals surface area contributed by atoms with Crippen LogP contribution in [0.1, 0.15) is 31.4 Å². The maximum atomic E-state index is 12.8. The third kappa shape index (κ3) is 3.92. The Labute approximate surface area is 138 Å². The van der Waals surface area contributed by atoms with Crippen LogP contribution >= 0.6 is 0 Å². The van der Waals surface area contributed by atoms with Gasteiger partial charge in [0, 0.05) is 12.0 Å². The second-order valence-electron chi connectivity index (χ2n) is 6.10. The molecule has 23 heavy (non-hydrogen) atoms. The summed E-state index contributed by atoms with van der Waals surface area (Å²) in [5, 5.41) is 0. The summed E-state index contributed by atoms with van der Waals surface area (Å²) < 4.78 is 10.7. The molecule has 0 aliphatic rings. The van der Waals surface area contributed by atoms with Crippen molar-refractivity contribution in [2.24, 2.45) is 0 Å². The number of ether oxygens (including phenoxy) is 2. The molecule has 0 aliphatic carbocycles. The Bertz CT molecular complexity index is 660. The third-order valence-electron chi connectivity index (χ3n) is 4.26. The predicted octanol–water partition coefficient (Wildman–Crippen LogP) is 4.18. The number of carbonyl (C=O) groups is 1. The van der Waals surface area contributed by atoms with Gasteiger partial charge in [-0.2, -0.15) is 0 Å². The average molecular weight is 312 g/mol. The van der Waals surface area contributed by atoms with Gasteiger partial charge in [0.05, 0.1) is 19.6 Å². The van der Waals surface area contributed by atoms with Crippen LogP contribution in [0.5, 0.6) is 11.5 Å². The minimum atomic E-state index is -0.630. The molecule has 0 radical (unpaired) electrons. The normalized spacial score (nSPS) is 11.1. The smallest absolute Gasteiger partial charge is 0.143 e. The largest absolute Gasteiger partial charge is 0.497 e. The van der Waals surface area contributed by atoms with Crippen LogP contribution in [0.25, 0.3) is 0 Å². The van der Waals surface area contributed by atoms with Crippen molar-refractivity contribution in [3.05, 3.63) is 59.7 Å². The van der Waals surface area contributed by atoms with E-state index < -0.39 is 5.41 Å². The Balaban J connectivity index is 2.21. The zero-order valence-corrected chi connectivity index (χ0v) is 14.3. The van der Waals surface area contributed by atoms with Crippen molar-refractivity contribution in [3.8, 4) is 11.5 Å². The molecule has 0 fully saturated rings. The van der Waals surface area contributed by atoms with E-state index in [4.69, 9.17) is 9.47 Å². The van der Waals surface area contributed by atoms with Crippen molar-refractivity contribution < 1.29 is 14.3 Å². The summed E-state index contributed by atoms with van der Waals surface area (Å²) in [5.74, 6) is 1.63. The maximum absolute atomic E-state index is 12.8. The molecule has 0 saturated carbocycles. The summed E-state index contributed by atoms with van der Waals surface area (Å²) >= 11 is 0. The van der Waals surface area contributed by atoms with Crippen LogP contribution in [-0.2, 0) is 16.6 Å². The van der Waals surface area contributed by atoms with Crippen LogP contribution in [0, 0.1) is 0 Å². The van der Waals surface area contributed by atoms with E-state index in [-0.39, 0.29) is 5.78 Å². The van der Waals surface area contributed by atoms with E-state index in [2.05, 4.69) is 0 Å². The van der Waals surface area contributed by atoms with Gasteiger partial charge in [0.25, 0.3) is 0 Å². The lowest BCUT2D eigenvalue weighted by molar-refractivity contribution is -0.123. The first-order valence-corrected chi connectivity index (χ1v) is 7.78. The van der Waals surface area contributed by atoms with Gasteiger partial charge in [0.1, 0.15) is 17.3 Å². The molecular weight excluding hydrogens is 288 g/mol. The van der Waals surface area contributed by atoms with Crippen LogP contribution in [0.3, 0.4) is 0 Å². The quantitative estimate of drug-likeness (QED) is 0.769. The highest BCUT2D eigenvalue weighted by molar-refractivity contribution is 5.90. The molecule has 0 bridgehead atoms. The number of ketones is 1. The second-order valence-corrected chi connectivity index (χ2v) is 6.10. The zero-order valence-electron chi connectivity index (χ0n) is 14.3. The number of hydrogen-bond acceptors (Lipinski definition) is 3. The van der Waals surface area contributed by atoms with E-state index >= 15 is 0 Å². The summed E-state index contributed by atoms with van der Waals surface area (Å²) in [6.45, 7) is 3.88. The number of rotatable bonds is 7. The molecule has 0 unspecified atom stereocenters. The summed E-state index contributed by atoms with van der Waals surface area (Å²) in [6.07, 6.45) is 1.24. The first-order chi connectivity index (χ1) is 11.0. The van der Waals surface area contributed by atoms with Crippen LogP contribution in [-0.4, -0.2) is 20.0 Å². The molecular formula is C20H24O3. The van der Waals surface area contributed by atoms with Gasteiger partial charge in [-0.3, -0.25) is 4.79 Å². The molecule has 0 saturated heterocycles. The fraction of sp³-hybridized carbons (Fsp3) is 0.350. The molecule has 3 heteroatoms. The van der Waals surface area contributed by atoms with E-state index in [0.29, 0.717) is 12.2 Å². The van der Waals surface area contributed by atoms with Gasteiger partial charge in [-0.15, -0.1) is 0 Å². The van der Waals surface area contributed by atoms with Crippen molar-refractivity contribution in [2.75, 3.05) is 14.2 Å². The lowest BCUT2D eigenvalue weighted by Crippen LogP contribution is -2.30. The Morgan fingerprint density at radius 1 is 1.00 bits per heavy atom. The maximum Gasteiger partial charge on any atom is 0.143 e. The Morgan fingerprint density at radius 3 is 2.30 bits per heavy atom. The highest BCUT2D eigenvalue weighted by atomic mass is 16.5. The number of aryl methyl sites for hydroxylation is 1. The first-order valence-electron chi connectivity index (χ1n) is 7.78. The fourth-order valence-corrected chi connectivity index (χ4v) is 2.67. The summed E-state index contributed by atoms with van der Waals surface area (Å²) in [6, 6.07) is 15.6. The Hall–Kier alpha value is -2.29. The Kier molecular flexibility index (Phi) is 5.43. The van der Waals surface area contributed by atoms with Gasteiger partial charge in [-0.25, -0.2) is 0 Å². The van der Waals surface area contributed by atoms with Gasteiger partial charge in [-0.05, 0) is 44.0 Å². The molecule has 3 nitrogen and oxygen atoms in total. The second kappa shape index (κ2) is 7.32. The fourth-order valence-electron chi connectivity index (χ4n) is 2.67. The van der Waals surface area contributed by atoms with Gasteiger partial charge < -0.3 is 9.47 Å². The highest BCUT2D eigenvalue weighted by Crippen LogP contribution is 2.36. The lowest BCUT2D eigenvalue weighted by Gasteiger charge is -2.26. The van der Waals surface area contributed by atoms with Crippen LogP contribution in [0.4, 0.5) is 0 Å². The standard InChI is InChI=1S/C20H24O3/c1-20(2,17-14-16(22-3)11-12-18(17)23-4)19(21)13-10-15-8-6-5-7-9-15/h5-9,11-12,14H,10,13H2,1-4H3. The summed E-state index contributed by atoms with van der Waals surface area (Å²) in [4.78, 5) is 12.8. The molecule has 0 spiro atoms. The SMILES string of the molecule is COc1ccc(OC)c(C(C)(C)C(=O)CCc2ccccc2)c1. The minimum absolute atomic E-state index is 0.188. The number of benzene rings is 2. The van der Waals surface area contributed by atoms with Crippen molar-refractivity contribution >= 4 is 5.78 Å². The lowest BCUT2D eigenvalue weighted by atomic mass is 9.78. The van der Waals surface area contributed by atoms with E-state index in [1.54, 1.807) is 14.2 Å². The average Bonchev–Trinajstić information content (AvgIpc) is 2.59. The van der Waals surface area contributed by atoms with Gasteiger partial charge in [0.2, 0.25) is 0 Å². The Morgan fingerprint density at radius 2 is 1.70 bits per heavy atom. The van der Waals surface area contributed by atoms with Crippen molar-refractivity contribution in [2.45, 2.75) is 32.1 Å². The molecule has 0 heterocycles. The van der Waals surface area contributed by atoms with Gasteiger partial charge in [-0.1, -0.05) is 30.3 Å². The molecule has 0 atom stereocenters. The minimum Gasteiger partial charge on any atom is -0.497 e. The van der Waals surface area contributed by atoms with Crippen LogP contribution in [0.2, 0.25) is 0 Å². The highest BCUT2D eigenvalue weighted by Gasteiger charge is 2.32. The van der Waals surface area contributed by atoms with E-state index in [9.17, 15) is 4.79 Å². The van der Waals surface area contributed by atoms with Crippen LogP contribution in [0.15, 0.2) is 48.5 Å². The van der Waals surface area contributed by atoms with Crippen molar-refractivity contribution in [3.63, 3.8) is 0 Å². The summed E-state index contributed by atoms with van der Waals surface area (Å²) in [7, 11) is 3.24. The third-order valence-corrected chi connectivity index (χ3v) is 4.26.